The number of rotatable bonds is 6. The zero-order chi connectivity index (χ0) is 7.82. The van der Waals surface area contributed by atoms with Gasteiger partial charge in [-0.15, -0.1) is 0 Å². The minimum atomic E-state index is 1.30. The molecule has 0 nitrogen and oxygen atoms in total. The van der Waals surface area contributed by atoms with Gasteiger partial charge in [0.2, 0.25) is 0 Å². The molecule has 0 rings (SSSR count). The lowest BCUT2D eigenvalue weighted by atomic mass is 9.95. The molecule has 0 unspecified atom stereocenters. The maximum absolute atomic E-state index is 2.28. The zero-order valence-electron chi connectivity index (χ0n) is 7.74. The van der Waals surface area contributed by atoms with E-state index in [4.69, 9.17) is 0 Å². The quantitative estimate of drug-likeness (QED) is 0.491. The Morgan fingerprint density at radius 3 is 2.00 bits per heavy atom. The van der Waals surface area contributed by atoms with E-state index in [2.05, 4.69) is 20.8 Å². The Labute approximate surface area is 66.0 Å². The Balaban J connectivity index is 3.21. The fourth-order valence-corrected chi connectivity index (χ4v) is 1.26. The molecule has 0 saturated carbocycles. The van der Waals surface area contributed by atoms with E-state index in [0.717, 1.165) is 0 Å². The number of hydrogen-bond donors (Lipinski definition) is 0. The largest absolute Gasteiger partial charge is 0.314 e. The molecule has 0 aromatic rings. The normalized spacial score (nSPS) is 10.8. The molecule has 0 radical (unpaired) electrons. The van der Waals surface area contributed by atoms with Gasteiger partial charge in [0.1, 0.15) is 0 Å². The molecule has 0 N–H and O–H groups in total. The van der Waals surface area contributed by atoms with E-state index in [-0.39, 0.29) is 0 Å². The Hall–Kier alpha value is 0. The third-order valence-corrected chi connectivity index (χ3v) is 1.99. The summed E-state index contributed by atoms with van der Waals surface area (Å²) in [5, 5.41) is 0. The second-order valence-corrected chi connectivity index (χ2v) is 2.96. The van der Waals surface area contributed by atoms with Crippen molar-refractivity contribution in [1.82, 2.24) is 0 Å². The van der Waals surface area contributed by atoms with Gasteiger partial charge < -0.3 is 5.92 Å². The summed E-state index contributed by atoms with van der Waals surface area (Å²) < 4.78 is 0. The molecule has 10 heavy (non-hydrogen) atoms. The second-order valence-electron chi connectivity index (χ2n) is 2.96. The van der Waals surface area contributed by atoms with Gasteiger partial charge in [-0.1, -0.05) is 40.0 Å². The van der Waals surface area contributed by atoms with Crippen LogP contribution in [0.25, 0.3) is 0 Å². The van der Waals surface area contributed by atoms with Gasteiger partial charge in [-0.2, -0.15) is 19.3 Å². The summed E-state index contributed by atoms with van der Waals surface area (Å²) in [6.45, 7) is 6.81. The molecule has 0 heteroatoms. The molecule has 0 aromatic heterocycles. The molecule has 0 bridgehead atoms. The SMILES string of the molecule is CCCC[C-](CC)CCC. The van der Waals surface area contributed by atoms with Gasteiger partial charge in [-0.05, 0) is 0 Å². The highest BCUT2D eigenvalue weighted by Gasteiger charge is 1.88. The molecule has 0 saturated heterocycles. The minimum Gasteiger partial charge on any atom is -0.314 e. The van der Waals surface area contributed by atoms with Crippen molar-refractivity contribution in [3.8, 4) is 0 Å². The van der Waals surface area contributed by atoms with E-state index in [1.165, 1.54) is 38.5 Å². The van der Waals surface area contributed by atoms with Gasteiger partial charge >= 0.3 is 0 Å². The highest BCUT2D eigenvalue weighted by molar-refractivity contribution is 4.86. The van der Waals surface area contributed by atoms with Crippen molar-refractivity contribution in [3.05, 3.63) is 5.92 Å². The van der Waals surface area contributed by atoms with Crippen LogP contribution < -0.4 is 0 Å². The van der Waals surface area contributed by atoms with E-state index in [1.807, 2.05) is 0 Å². The molecule has 0 heterocycles. The Bertz CT molecular complexity index is 57.1. The van der Waals surface area contributed by atoms with Gasteiger partial charge in [-0.25, -0.2) is 0 Å². The first-order valence-electron chi connectivity index (χ1n) is 4.68. The molecule has 0 aliphatic carbocycles. The summed E-state index contributed by atoms with van der Waals surface area (Å²) in [6, 6.07) is 0. The summed E-state index contributed by atoms with van der Waals surface area (Å²) in [5.41, 5.74) is 0. The molecular formula is C10H21-. The first-order chi connectivity index (χ1) is 4.85. The van der Waals surface area contributed by atoms with E-state index in [9.17, 15) is 0 Å². The minimum absolute atomic E-state index is 1.30. The average Bonchev–Trinajstić information content (AvgIpc) is 1.98. The standard InChI is InChI=1S/C10H21/c1-4-7-9-10(6-3)8-5-2/h4-9H2,1-3H3/q-1. The fraction of sp³-hybridized carbons (Fsp3) is 0.900. The topological polar surface area (TPSA) is 0 Å². The lowest BCUT2D eigenvalue weighted by molar-refractivity contribution is 0.624. The van der Waals surface area contributed by atoms with Crippen LogP contribution in [0.5, 0.6) is 0 Å². The van der Waals surface area contributed by atoms with E-state index < -0.39 is 0 Å². The molecule has 0 aliphatic heterocycles. The summed E-state index contributed by atoms with van der Waals surface area (Å²) in [4.78, 5) is 0. The first kappa shape index (κ1) is 10.0. The summed E-state index contributed by atoms with van der Waals surface area (Å²) in [7, 11) is 0. The van der Waals surface area contributed by atoms with Crippen molar-refractivity contribution in [1.29, 1.82) is 0 Å². The lowest BCUT2D eigenvalue weighted by Crippen LogP contribution is -1.94. The third-order valence-electron chi connectivity index (χ3n) is 1.99. The van der Waals surface area contributed by atoms with Gasteiger partial charge in [0.25, 0.3) is 0 Å². The van der Waals surface area contributed by atoms with Crippen LogP contribution in [0.3, 0.4) is 0 Å². The predicted octanol–water partition coefficient (Wildman–Crippen LogP) is 3.96. The van der Waals surface area contributed by atoms with Crippen LogP contribution in [0.1, 0.15) is 59.3 Å². The Kier molecular flexibility index (Phi) is 7.11. The maximum atomic E-state index is 2.28. The summed E-state index contributed by atoms with van der Waals surface area (Å²) in [6.07, 6.45) is 8.09. The van der Waals surface area contributed by atoms with E-state index in [0.29, 0.717) is 0 Å². The molecule has 0 aromatic carbocycles. The Morgan fingerprint density at radius 1 is 0.900 bits per heavy atom. The van der Waals surface area contributed by atoms with Crippen molar-refractivity contribution in [2.45, 2.75) is 59.3 Å². The highest BCUT2D eigenvalue weighted by Crippen LogP contribution is 2.19. The van der Waals surface area contributed by atoms with Crippen LogP contribution in [0.15, 0.2) is 0 Å². The summed E-state index contributed by atoms with van der Waals surface area (Å²) in [5.74, 6) is 1.77. The Morgan fingerprint density at radius 2 is 1.60 bits per heavy atom. The molecule has 0 spiro atoms. The van der Waals surface area contributed by atoms with Crippen molar-refractivity contribution in [2.24, 2.45) is 0 Å². The number of hydrogen-bond acceptors (Lipinski definition) is 0. The molecule has 0 atom stereocenters. The molecule has 0 amide bonds. The van der Waals surface area contributed by atoms with Crippen molar-refractivity contribution >= 4 is 0 Å². The smallest absolute Gasteiger partial charge is 0.0586 e. The molecule has 0 aliphatic rings. The van der Waals surface area contributed by atoms with Crippen molar-refractivity contribution in [2.75, 3.05) is 0 Å². The highest BCUT2D eigenvalue weighted by atomic mass is 14.1. The van der Waals surface area contributed by atoms with Gasteiger partial charge in [-0.3, -0.25) is 0 Å². The summed E-state index contributed by atoms with van der Waals surface area (Å²) >= 11 is 0. The number of unbranched alkanes of at least 4 members (excludes halogenated alkanes) is 1. The van der Waals surface area contributed by atoms with Gasteiger partial charge in [0, 0.05) is 0 Å². The predicted molar refractivity (Wildman–Crippen MR) is 48.0 cm³/mol. The van der Waals surface area contributed by atoms with Crippen LogP contribution in [-0.4, -0.2) is 0 Å². The first-order valence-corrected chi connectivity index (χ1v) is 4.68. The van der Waals surface area contributed by atoms with Crippen LogP contribution in [0.4, 0.5) is 0 Å². The van der Waals surface area contributed by atoms with Crippen molar-refractivity contribution < 1.29 is 0 Å². The van der Waals surface area contributed by atoms with E-state index >= 15 is 0 Å². The van der Waals surface area contributed by atoms with Crippen molar-refractivity contribution in [3.63, 3.8) is 0 Å². The fourth-order valence-electron chi connectivity index (χ4n) is 1.26. The lowest BCUT2D eigenvalue weighted by Gasteiger charge is -2.27. The van der Waals surface area contributed by atoms with Gasteiger partial charge in [0.15, 0.2) is 0 Å². The van der Waals surface area contributed by atoms with E-state index in [1.54, 1.807) is 5.92 Å². The zero-order valence-corrected chi connectivity index (χ0v) is 7.74. The molecular weight excluding hydrogens is 120 g/mol. The third kappa shape index (κ3) is 4.84. The second kappa shape index (κ2) is 7.11. The monoisotopic (exact) mass is 141 g/mol. The van der Waals surface area contributed by atoms with Crippen LogP contribution in [0, 0.1) is 5.92 Å². The van der Waals surface area contributed by atoms with Crippen LogP contribution in [0.2, 0.25) is 0 Å². The maximum Gasteiger partial charge on any atom is -0.0586 e. The van der Waals surface area contributed by atoms with Crippen LogP contribution in [-0.2, 0) is 0 Å². The van der Waals surface area contributed by atoms with Gasteiger partial charge in [0.05, 0.1) is 0 Å². The average molecular weight is 141 g/mol. The molecule has 62 valence electrons. The molecule has 0 fully saturated rings. The van der Waals surface area contributed by atoms with Crippen LogP contribution >= 0.6 is 0 Å².